The number of hydrogen-bond donors (Lipinski definition) is 1. The molecule has 0 aliphatic heterocycles. The van der Waals surface area contributed by atoms with Crippen LogP contribution in [0.2, 0.25) is 5.15 Å². The van der Waals surface area contributed by atoms with E-state index in [0.29, 0.717) is 12.2 Å². The molecule has 5 nitrogen and oxygen atoms in total. The van der Waals surface area contributed by atoms with E-state index in [1.54, 1.807) is 6.92 Å². The van der Waals surface area contributed by atoms with E-state index in [1.165, 1.54) is 28.9 Å². The number of amides is 1. The van der Waals surface area contributed by atoms with Gasteiger partial charge in [0.2, 0.25) is 0 Å². The average molecular weight is 424 g/mol. The van der Waals surface area contributed by atoms with Crippen molar-refractivity contribution in [2.24, 2.45) is 0 Å². The van der Waals surface area contributed by atoms with E-state index in [9.17, 15) is 18.0 Å². The minimum Gasteiger partial charge on any atom is -0.484 e. The maximum Gasteiger partial charge on any atom is 0.422 e. The third-order valence-electron chi connectivity index (χ3n) is 3.96. The highest BCUT2D eigenvalue weighted by Gasteiger charge is 2.28. The maximum atomic E-state index is 12.7. The van der Waals surface area contributed by atoms with Gasteiger partial charge < -0.3 is 10.1 Å². The van der Waals surface area contributed by atoms with Crippen LogP contribution in [0.3, 0.4) is 0 Å². The van der Waals surface area contributed by atoms with E-state index in [1.807, 2.05) is 30.3 Å². The van der Waals surface area contributed by atoms with Gasteiger partial charge in [-0.25, -0.2) is 4.68 Å². The Morgan fingerprint density at radius 1 is 1.17 bits per heavy atom. The third-order valence-corrected chi connectivity index (χ3v) is 4.35. The molecule has 0 saturated carbocycles. The van der Waals surface area contributed by atoms with Gasteiger partial charge in [-0.05, 0) is 24.6 Å². The highest BCUT2D eigenvalue weighted by atomic mass is 35.5. The van der Waals surface area contributed by atoms with Crippen molar-refractivity contribution in [3.05, 3.63) is 76.6 Å². The van der Waals surface area contributed by atoms with Crippen molar-refractivity contribution >= 4 is 23.2 Å². The molecule has 0 bridgehead atoms. The molecule has 0 unspecified atom stereocenters. The Balaban J connectivity index is 1.74. The zero-order valence-corrected chi connectivity index (χ0v) is 16.1. The predicted molar refractivity (Wildman–Crippen MR) is 103 cm³/mol. The zero-order valence-electron chi connectivity index (χ0n) is 15.3. The SMILES string of the molecule is Cc1nn(Cc2ccccc2)c(Cl)c1C(=O)Nc1cccc(OCC(F)(F)F)c1. The van der Waals surface area contributed by atoms with E-state index in [0.717, 1.165) is 5.56 Å². The summed E-state index contributed by atoms with van der Waals surface area (Å²) in [5.41, 5.74) is 1.89. The number of carbonyl (C=O) groups is 1. The average Bonchev–Trinajstić information content (AvgIpc) is 2.94. The van der Waals surface area contributed by atoms with Crippen LogP contribution in [0.25, 0.3) is 0 Å². The minimum atomic E-state index is -4.45. The van der Waals surface area contributed by atoms with Gasteiger partial charge in [-0.1, -0.05) is 48.0 Å². The van der Waals surface area contributed by atoms with Gasteiger partial charge in [-0.15, -0.1) is 0 Å². The first-order valence-corrected chi connectivity index (χ1v) is 8.98. The standard InChI is InChI=1S/C20H17ClF3N3O2/c1-13-17(18(21)27(26-13)11-14-6-3-2-4-7-14)19(28)25-15-8-5-9-16(10-15)29-12-20(22,23)24/h2-10H,11-12H2,1H3,(H,25,28). The molecule has 0 spiro atoms. The maximum absolute atomic E-state index is 12.7. The number of halogens is 4. The Kier molecular flexibility index (Phi) is 6.12. The number of ether oxygens (including phenoxy) is 1. The smallest absolute Gasteiger partial charge is 0.422 e. The first-order valence-electron chi connectivity index (χ1n) is 8.61. The Morgan fingerprint density at radius 3 is 2.59 bits per heavy atom. The largest absolute Gasteiger partial charge is 0.484 e. The van der Waals surface area contributed by atoms with Crippen LogP contribution in [0.5, 0.6) is 5.75 Å². The Hall–Kier alpha value is -3.00. The monoisotopic (exact) mass is 423 g/mol. The van der Waals surface area contributed by atoms with Crippen LogP contribution in [0.15, 0.2) is 54.6 Å². The van der Waals surface area contributed by atoms with Crippen LogP contribution in [0.4, 0.5) is 18.9 Å². The van der Waals surface area contributed by atoms with E-state index in [2.05, 4.69) is 10.4 Å². The number of carbonyl (C=O) groups excluding carboxylic acids is 1. The van der Waals surface area contributed by atoms with Gasteiger partial charge in [0, 0.05) is 11.8 Å². The Morgan fingerprint density at radius 2 is 1.90 bits per heavy atom. The van der Waals surface area contributed by atoms with Crippen LogP contribution in [-0.2, 0) is 6.54 Å². The first-order chi connectivity index (χ1) is 13.7. The molecule has 1 N–H and O–H groups in total. The fourth-order valence-corrected chi connectivity index (χ4v) is 3.01. The normalized spacial score (nSPS) is 11.3. The van der Waals surface area contributed by atoms with Gasteiger partial charge >= 0.3 is 6.18 Å². The molecule has 1 heterocycles. The van der Waals surface area contributed by atoms with E-state index in [-0.39, 0.29) is 22.2 Å². The molecule has 0 radical (unpaired) electrons. The van der Waals surface area contributed by atoms with Crippen molar-refractivity contribution < 1.29 is 22.7 Å². The molecule has 9 heteroatoms. The van der Waals surface area contributed by atoms with Crippen LogP contribution in [0, 0.1) is 6.92 Å². The summed E-state index contributed by atoms with van der Waals surface area (Å²) in [5.74, 6) is -0.525. The summed E-state index contributed by atoms with van der Waals surface area (Å²) in [4.78, 5) is 12.7. The number of nitrogens with one attached hydrogen (secondary N) is 1. The molecule has 0 atom stereocenters. The van der Waals surface area contributed by atoms with Gasteiger partial charge in [-0.2, -0.15) is 18.3 Å². The first kappa shape index (κ1) is 20.7. The number of aryl methyl sites for hydroxylation is 1. The molecule has 3 rings (SSSR count). The fourth-order valence-electron chi connectivity index (χ4n) is 2.69. The van der Waals surface area contributed by atoms with Crippen molar-refractivity contribution in [3.8, 4) is 5.75 Å². The van der Waals surface area contributed by atoms with Gasteiger partial charge in [0.25, 0.3) is 5.91 Å². The van der Waals surface area contributed by atoms with Crippen molar-refractivity contribution in [1.82, 2.24) is 9.78 Å². The number of hydrogen-bond acceptors (Lipinski definition) is 3. The number of alkyl halides is 3. The second-order valence-electron chi connectivity index (χ2n) is 6.28. The van der Waals surface area contributed by atoms with Crippen LogP contribution < -0.4 is 10.1 Å². The van der Waals surface area contributed by atoms with Gasteiger partial charge in [0.15, 0.2) is 6.61 Å². The minimum absolute atomic E-state index is 0.0114. The molecule has 1 aromatic heterocycles. The third kappa shape index (κ3) is 5.51. The lowest BCUT2D eigenvalue weighted by molar-refractivity contribution is -0.153. The van der Waals surface area contributed by atoms with Crippen molar-refractivity contribution in [2.45, 2.75) is 19.6 Å². The molecular weight excluding hydrogens is 407 g/mol. The molecule has 152 valence electrons. The quantitative estimate of drug-likeness (QED) is 0.601. The van der Waals surface area contributed by atoms with E-state index >= 15 is 0 Å². The summed E-state index contributed by atoms with van der Waals surface area (Å²) in [5, 5.41) is 7.11. The molecule has 0 fully saturated rings. The molecule has 29 heavy (non-hydrogen) atoms. The van der Waals surface area contributed by atoms with Crippen molar-refractivity contribution in [1.29, 1.82) is 0 Å². The Labute approximate surface area is 170 Å². The van der Waals surface area contributed by atoms with Crippen molar-refractivity contribution in [3.63, 3.8) is 0 Å². The Bertz CT molecular complexity index is 1000. The van der Waals surface area contributed by atoms with Crippen LogP contribution in [-0.4, -0.2) is 28.5 Å². The van der Waals surface area contributed by atoms with Gasteiger partial charge in [0.1, 0.15) is 10.9 Å². The molecule has 0 aliphatic carbocycles. The van der Waals surface area contributed by atoms with Crippen molar-refractivity contribution in [2.75, 3.05) is 11.9 Å². The number of benzene rings is 2. The lowest BCUT2D eigenvalue weighted by Crippen LogP contribution is -2.19. The molecule has 1 amide bonds. The second kappa shape index (κ2) is 8.57. The summed E-state index contributed by atoms with van der Waals surface area (Å²) in [7, 11) is 0. The zero-order chi connectivity index (χ0) is 21.0. The topological polar surface area (TPSA) is 56.2 Å². The highest BCUT2D eigenvalue weighted by molar-refractivity contribution is 6.33. The van der Waals surface area contributed by atoms with E-state index in [4.69, 9.17) is 16.3 Å². The summed E-state index contributed by atoms with van der Waals surface area (Å²) in [6.45, 7) is 0.640. The van der Waals surface area contributed by atoms with Crippen LogP contribution >= 0.6 is 11.6 Å². The lowest BCUT2D eigenvalue weighted by Gasteiger charge is -2.11. The van der Waals surface area contributed by atoms with Gasteiger partial charge in [0.05, 0.1) is 17.8 Å². The van der Waals surface area contributed by atoms with Gasteiger partial charge in [-0.3, -0.25) is 4.79 Å². The number of rotatable bonds is 6. The summed E-state index contributed by atoms with van der Waals surface area (Å²) < 4.78 is 43.1. The molecule has 2 aromatic carbocycles. The highest BCUT2D eigenvalue weighted by Crippen LogP contribution is 2.25. The lowest BCUT2D eigenvalue weighted by atomic mass is 10.2. The predicted octanol–water partition coefficient (Wildman–Crippen LogP) is 5.09. The fraction of sp³-hybridized carbons (Fsp3) is 0.200. The van der Waals surface area contributed by atoms with Crippen LogP contribution in [0.1, 0.15) is 21.6 Å². The van der Waals surface area contributed by atoms with E-state index < -0.39 is 18.7 Å². The number of nitrogens with zero attached hydrogens (tertiary/aromatic N) is 2. The summed E-state index contributed by atoms with van der Waals surface area (Å²) in [6.07, 6.45) is -4.45. The molecule has 0 saturated heterocycles. The summed E-state index contributed by atoms with van der Waals surface area (Å²) >= 11 is 6.36. The number of anilines is 1. The second-order valence-corrected chi connectivity index (χ2v) is 6.64. The molecule has 3 aromatic rings. The summed E-state index contributed by atoms with van der Waals surface area (Å²) in [6, 6.07) is 15.2. The molecular formula is C20H17ClF3N3O2. The number of aromatic nitrogens is 2. The molecule has 0 aliphatic rings.